The molecule has 1 atom stereocenters. The lowest BCUT2D eigenvalue weighted by Gasteiger charge is -2.33. The maximum atomic E-state index is 13.6. The van der Waals surface area contributed by atoms with Gasteiger partial charge in [0.2, 0.25) is 0 Å². The van der Waals surface area contributed by atoms with Crippen LogP contribution in [0.3, 0.4) is 0 Å². The quantitative estimate of drug-likeness (QED) is 0.490. The molecule has 3 aliphatic rings. The van der Waals surface area contributed by atoms with E-state index < -0.39 is 0 Å². The molecule has 1 aliphatic carbocycles. The molecule has 1 aromatic carbocycles. The lowest BCUT2D eigenvalue weighted by Crippen LogP contribution is -2.41. The molecule has 8 heteroatoms. The van der Waals surface area contributed by atoms with Crippen LogP contribution in [0.5, 0.6) is 5.75 Å². The maximum Gasteiger partial charge on any atom is 0.260 e. The van der Waals surface area contributed by atoms with Crippen molar-refractivity contribution >= 4 is 11.8 Å². The Bertz CT molecular complexity index is 1230. The van der Waals surface area contributed by atoms with Gasteiger partial charge in [0.25, 0.3) is 11.8 Å². The standard InChI is InChI=1S/C29H33N5O3/c35-27(20-37-25-6-2-1-3-7-25)32-15-11-24(12-16-32)34-28(21-8-9-21)26(18-31-34)29(36)33-14-10-23(19-33)22-5-4-13-30-17-22/h1-7,13,17-18,21,23-24H,8-12,14-16,19-20H2. The first kappa shape index (κ1) is 23.7. The fraction of sp³-hybridized carbons (Fsp3) is 0.448. The van der Waals surface area contributed by atoms with Gasteiger partial charge in [-0.3, -0.25) is 19.3 Å². The zero-order valence-electron chi connectivity index (χ0n) is 21.0. The molecule has 2 aliphatic heterocycles. The number of carbonyl (C=O) groups is 2. The highest BCUT2D eigenvalue weighted by Crippen LogP contribution is 2.44. The fourth-order valence-corrected chi connectivity index (χ4v) is 5.71. The average molecular weight is 500 g/mol. The molecular weight excluding hydrogens is 466 g/mol. The van der Waals surface area contributed by atoms with E-state index in [-0.39, 0.29) is 24.5 Å². The molecule has 6 rings (SSSR count). The third-order valence-electron chi connectivity index (χ3n) is 7.93. The predicted molar refractivity (Wildman–Crippen MR) is 138 cm³/mol. The molecular formula is C29H33N5O3. The summed E-state index contributed by atoms with van der Waals surface area (Å²) in [6.07, 6.45) is 10.3. The van der Waals surface area contributed by atoms with Crippen LogP contribution in [-0.2, 0) is 4.79 Å². The van der Waals surface area contributed by atoms with Crippen molar-refractivity contribution in [1.29, 1.82) is 0 Å². The lowest BCUT2D eigenvalue weighted by atomic mass is 10.0. The van der Waals surface area contributed by atoms with Crippen LogP contribution in [0.4, 0.5) is 0 Å². The van der Waals surface area contributed by atoms with Crippen molar-refractivity contribution < 1.29 is 14.3 Å². The summed E-state index contributed by atoms with van der Waals surface area (Å²) >= 11 is 0. The van der Waals surface area contributed by atoms with Crippen LogP contribution in [0.25, 0.3) is 0 Å². The zero-order valence-corrected chi connectivity index (χ0v) is 21.0. The first-order valence-electron chi connectivity index (χ1n) is 13.4. The molecule has 0 N–H and O–H groups in total. The Kier molecular flexibility index (Phi) is 6.64. The van der Waals surface area contributed by atoms with Gasteiger partial charge in [-0.1, -0.05) is 24.3 Å². The van der Waals surface area contributed by atoms with E-state index in [1.807, 2.05) is 52.4 Å². The topological polar surface area (TPSA) is 80.6 Å². The molecule has 3 aromatic rings. The van der Waals surface area contributed by atoms with Gasteiger partial charge in [0.1, 0.15) is 5.75 Å². The van der Waals surface area contributed by atoms with Crippen LogP contribution in [-0.4, -0.2) is 69.2 Å². The number of aromatic nitrogens is 3. The second-order valence-electron chi connectivity index (χ2n) is 10.4. The summed E-state index contributed by atoms with van der Waals surface area (Å²) in [6.45, 7) is 2.89. The summed E-state index contributed by atoms with van der Waals surface area (Å²) in [5, 5.41) is 4.75. The SMILES string of the molecule is O=C(COc1ccccc1)N1CCC(n2ncc(C(=O)N3CCC(c4cccnc4)C3)c2C2CC2)CC1. The third-order valence-corrected chi connectivity index (χ3v) is 7.93. The van der Waals surface area contributed by atoms with Gasteiger partial charge in [0.05, 0.1) is 23.5 Å². The van der Waals surface area contributed by atoms with Gasteiger partial charge in [-0.25, -0.2) is 0 Å². The van der Waals surface area contributed by atoms with Gasteiger partial charge in [-0.15, -0.1) is 0 Å². The van der Waals surface area contributed by atoms with Gasteiger partial charge in [-0.05, 0) is 55.9 Å². The van der Waals surface area contributed by atoms with Gasteiger partial charge in [-0.2, -0.15) is 5.10 Å². The van der Waals surface area contributed by atoms with Crippen molar-refractivity contribution in [1.82, 2.24) is 24.6 Å². The summed E-state index contributed by atoms with van der Waals surface area (Å²) in [4.78, 5) is 34.4. The summed E-state index contributed by atoms with van der Waals surface area (Å²) in [7, 11) is 0. The van der Waals surface area contributed by atoms with E-state index in [1.54, 1.807) is 12.4 Å². The number of nitrogens with zero attached hydrogens (tertiary/aromatic N) is 5. The molecule has 0 bridgehead atoms. The number of pyridine rings is 1. The van der Waals surface area contributed by atoms with E-state index in [0.29, 0.717) is 30.7 Å². The number of carbonyl (C=O) groups excluding carboxylic acids is 2. The number of para-hydroxylation sites is 1. The first-order chi connectivity index (χ1) is 18.2. The Hall–Kier alpha value is -3.68. The van der Waals surface area contributed by atoms with E-state index in [0.717, 1.165) is 56.5 Å². The van der Waals surface area contributed by atoms with Gasteiger partial charge in [0, 0.05) is 50.4 Å². The Labute approximate surface area is 217 Å². The van der Waals surface area contributed by atoms with Crippen LogP contribution < -0.4 is 4.74 Å². The zero-order chi connectivity index (χ0) is 25.2. The largest absolute Gasteiger partial charge is 0.484 e. The monoisotopic (exact) mass is 499 g/mol. The van der Waals surface area contributed by atoms with Crippen molar-refractivity contribution in [3.8, 4) is 5.75 Å². The molecule has 0 spiro atoms. The molecule has 8 nitrogen and oxygen atoms in total. The maximum absolute atomic E-state index is 13.6. The van der Waals surface area contributed by atoms with Gasteiger partial charge < -0.3 is 14.5 Å². The number of ether oxygens (including phenoxy) is 1. The molecule has 0 radical (unpaired) electrons. The Morgan fingerprint density at radius 3 is 2.38 bits per heavy atom. The van der Waals surface area contributed by atoms with Crippen LogP contribution >= 0.6 is 0 Å². The van der Waals surface area contributed by atoms with Crippen molar-refractivity contribution in [2.24, 2.45) is 0 Å². The van der Waals surface area contributed by atoms with Crippen LogP contribution in [0, 0.1) is 0 Å². The van der Waals surface area contributed by atoms with Crippen molar-refractivity contribution in [2.75, 3.05) is 32.8 Å². The summed E-state index contributed by atoms with van der Waals surface area (Å²) in [5.41, 5.74) is 3.07. The number of piperidine rings is 1. The highest BCUT2D eigenvalue weighted by molar-refractivity contribution is 5.95. The highest BCUT2D eigenvalue weighted by atomic mass is 16.5. The van der Waals surface area contributed by atoms with Crippen LogP contribution in [0.1, 0.15) is 71.6 Å². The Morgan fingerprint density at radius 2 is 1.65 bits per heavy atom. The molecule has 1 unspecified atom stereocenters. The second kappa shape index (κ2) is 10.4. The molecule has 1 saturated carbocycles. The smallest absolute Gasteiger partial charge is 0.260 e. The molecule has 2 saturated heterocycles. The number of hydrogen-bond acceptors (Lipinski definition) is 5. The van der Waals surface area contributed by atoms with Gasteiger partial charge >= 0.3 is 0 Å². The van der Waals surface area contributed by atoms with E-state index in [4.69, 9.17) is 9.84 Å². The molecule has 2 aromatic heterocycles. The van der Waals surface area contributed by atoms with E-state index in [1.165, 1.54) is 5.56 Å². The summed E-state index contributed by atoms with van der Waals surface area (Å²) in [5.74, 6) is 1.57. The minimum atomic E-state index is 0.0123. The van der Waals surface area contributed by atoms with Crippen molar-refractivity contribution in [3.05, 3.63) is 77.9 Å². The van der Waals surface area contributed by atoms with Crippen LogP contribution in [0.2, 0.25) is 0 Å². The molecule has 2 amide bonds. The molecule has 192 valence electrons. The second-order valence-corrected chi connectivity index (χ2v) is 10.4. The molecule has 4 heterocycles. The fourth-order valence-electron chi connectivity index (χ4n) is 5.71. The summed E-state index contributed by atoms with van der Waals surface area (Å²) in [6, 6.07) is 13.7. The average Bonchev–Trinajstić information content (AvgIpc) is 3.50. The Morgan fingerprint density at radius 1 is 0.865 bits per heavy atom. The first-order valence-corrected chi connectivity index (χ1v) is 13.4. The predicted octanol–water partition coefficient (Wildman–Crippen LogP) is 4.03. The van der Waals surface area contributed by atoms with E-state index >= 15 is 0 Å². The van der Waals surface area contributed by atoms with E-state index in [2.05, 4.69) is 15.7 Å². The van der Waals surface area contributed by atoms with Crippen LogP contribution in [0.15, 0.2) is 61.1 Å². The number of likely N-dealkylation sites (tertiary alicyclic amines) is 2. The third kappa shape index (κ3) is 5.10. The minimum absolute atomic E-state index is 0.0123. The number of hydrogen-bond donors (Lipinski definition) is 0. The summed E-state index contributed by atoms with van der Waals surface area (Å²) < 4.78 is 7.76. The van der Waals surface area contributed by atoms with Gasteiger partial charge in [0.15, 0.2) is 6.61 Å². The number of benzene rings is 1. The Balaban J connectivity index is 1.09. The molecule has 3 fully saturated rings. The normalized spacial score (nSPS) is 20.3. The molecule has 37 heavy (non-hydrogen) atoms. The van der Waals surface area contributed by atoms with Crippen molar-refractivity contribution in [2.45, 2.75) is 50.0 Å². The lowest BCUT2D eigenvalue weighted by molar-refractivity contribution is -0.134. The van der Waals surface area contributed by atoms with Crippen molar-refractivity contribution in [3.63, 3.8) is 0 Å². The van der Waals surface area contributed by atoms with E-state index in [9.17, 15) is 9.59 Å². The number of amides is 2. The highest BCUT2D eigenvalue weighted by Gasteiger charge is 2.38. The minimum Gasteiger partial charge on any atom is -0.484 e. The number of rotatable bonds is 7.